The highest BCUT2D eigenvalue weighted by Crippen LogP contribution is 2.18. The van der Waals surface area contributed by atoms with Crippen LogP contribution < -0.4 is 10.1 Å². The molecular formula is C22H29N3O2. The van der Waals surface area contributed by atoms with Gasteiger partial charge in [0.05, 0.1) is 7.11 Å². The maximum absolute atomic E-state index is 12.4. The number of para-hydroxylation sites is 1. The highest BCUT2D eigenvalue weighted by molar-refractivity contribution is 5.74. The Bertz CT molecular complexity index is 737. The summed E-state index contributed by atoms with van der Waals surface area (Å²) < 4.78 is 5.42. The SMILES string of the molecule is COc1ccccc1CCN1CCN(C(=O)NCc2ccc(C)cc2)CC1. The van der Waals surface area contributed by atoms with E-state index in [1.807, 2.05) is 23.1 Å². The van der Waals surface area contributed by atoms with Crippen molar-refractivity contribution in [1.82, 2.24) is 15.1 Å². The minimum Gasteiger partial charge on any atom is -0.496 e. The summed E-state index contributed by atoms with van der Waals surface area (Å²) >= 11 is 0. The Hall–Kier alpha value is -2.53. The van der Waals surface area contributed by atoms with Crippen LogP contribution in [0.3, 0.4) is 0 Å². The normalized spacial score (nSPS) is 14.8. The Labute approximate surface area is 161 Å². The Morgan fingerprint density at radius 3 is 2.44 bits per heavy atom. The molecule has 2 amide bonds. The predicted octanol–water partition coefficient (Wildman–Crippen LogP) is 3.07. The number of hydrogen-bond acceptors (Lipinski definition) is 3. The molecule has 5 heteroatoms. The second kappa shape index (κ2) is 9.42. The topological polar surface area (TPSA) is 44.8 Å². The first-order valence-corrected chi connectivity index (χ1v) is 9.58. The Morgan fingerprint density at radius 2 is 1.74 bits per heavy atom. The summed E-state index contributed by atoms with van der Waals surface area (Å²) in [6, 6.07) is 16.5. The number of benzene rings is 2. The fourth-order valence-corrected chi connectivity index (χ4v) is 3.36. The second-order valence-electron chi connectivity index (χ2n) is 7.03. The zero-order chi connectivity index (χ0) is 19.1. The standard InChI is InChI=1S/C22H29N3O2/c1-18-7-9-19(10-8-18)17-23-22(26)25-15-13-24(14-16-25)12-11-20-5-3-4-6-21(20)27-2/h3-10H,11-17H2,1-2H3,(H,23,26). The van der Waals surface area contributed by atoms with Gasteiger partial charge in [-0.1, -0.05) is 48.0 Å². The molecule has 1 aliphatic heterocycles. The van der Waals surface area contributed by atoms with E-state index in [9.17, 15) is 4.79 Å². The monoisotopic (exact) mass is 367 g/mol. The largest absolute Gasteiger partial charge is 0.496 e. The van der Waals surface area contributed by atoms with Gasteiger partial charge in [-0.15, -0.1) is 0 Å². The molecule has 0 aromatic heterocycles. The number of methoxy groups -OCH3 is 1. The average molecular weight is 367 g/mol. The van der Waals surface area contributed by atoms with Crippen molar-refractivity contribution in [2.75, 3.05) is 39.8 Å². The minimum absolute atomic E-state index is 0.0277. The van der Waals surface area contributed by atoms with E-state index in [0.717, 1.165) is 50.5 Å². The first-order valence-electron chi connectivity index (χ1n) is 9.58. The fraction of sp³-hybridized carbons (Fsp3) is 0.409. The van der Waals surface area contributed by atoms with Gasteiger partial charge in [-0.2, -0.15) is 0 Å². The lowest BCUT2D eigenvalue weighted by Gasteiger charge is -2.34. The molecule has 2 aromatic carbocycles. The Balaban J connectivity index is 1.40. The van der Waals surface area contributed by atoms with Gasteiger partial charge in [0.1, 0.15) is 5.75 Å². The van der Waals surface area contributed by atoms with Crippen LogP contribution in [0.15, 0.2) is 48.5 Å². The van der Waals surface area contributed by atoms with Crippen LogP contribution in [0.2, 0.25) is 0 Å². The van der Waals surface area contributed by atoms with Crippen molar-refractivity contribution in [3.8, 4) is 5.75 Å². The molecule has 0 radical (unpaired) electrons. The first-order chi connectivity index (χ1) is 13.2. The number of rotatable bonds is 6. The molecule has 27 heavy (non-hydrogen) atoms. The molecule has 0 aliphatic carbocycles. The van der Waals surface area contributed by atoms with Crippen LogP contribution >= 0.6 is 0 Å². The number of ether oxygens (including phenoxy) is 1. The van der Waals surface area contributed by atoms with Crippen molar-refractivity contribution in [2.24, 2.45) is 0 Å². The summed E-state index contributed by atoms with van der Waals surface area (Å²) in [4.78, 5) is 16.7. The summed E-state index contributed by atoms with van der Waals surface area (Å²) in [5.74, 6) is 0.951. The van der Waals surface area contributed by atoms with Crippen LogP contribution in [0.1, 0.15) is 16.7 Å². The van der Waals surface area contributed by atoms with Gasteiger partial charge in [0, 0.05) is 39.3 Å². The van der Waals surface area contributed by atoms with Crippen LogP contribution in [0.5, 0.6) is 5.75 Å². The molecule has 1 heterocycles. The highest BCUT2D eigenvalue weighted by Gasteiger charge is 2.20. The third-order valence-corrected chi connectivity index (χ3v) is 5.11. The lowest BCUT2D eigenvalue weighted by molar-refractivity contribution is 0.139. The number of aryl methyl sites for hydroxylation is 1. The van der Waals surface area contributed by atoms with Crippen molar-refractivity contribution in [3.63, 3.8) is 0 Å². The predicted molar refractivity (Wildman–Crippen MR) is 108 cm³/mol. The third-order valence-electron chi connectivity index (χ3n) is 5.11. The zero-order valence-corrected chi connectivity index (χ0v) is 16.3. The maximum atomic E-state index is 12.4. The summed E-state index contributed by atoms with van der Waals surface area (Å²) in [7, 11) is 1.72. The van der Waals surface area contributed by atoms with E-state index in [1.165, 1.54) is 11.1 Å². The molecule has 3 rings (SSSR count). The maximum Gasteiger partial charge on any atom is 0.317 e. The highest BCUT2D eigenvalue weighted by atomic mass is 16.5. The Kier molecular flexibility index (Phi) is 6.71. The Morgan fingerprint density at radius 1 is 1.04 bits per heavy atom. The number of urea groups is 1. The van der Waals surface area contributed by atoms with Crippen LogP contribution in [0.4, 0.5) is 4.79 Å². The smallest absolute Gasteiger partial charge is 0.317 e. The van der Waals surface area contributed by atoms with E-state index in [4.69, 9.17) is 4.74 Å². The average Bonchev–Trinajstić information content (AvgIpc) is 2.72. The number of nitrogens with zero attached hydrogens (tertiary/aromatic N) is 2. The van der Waals surface area contributed by atoms with E-state index in [2.05, 4.69) is 47.5 Å². The quantitative estimate of drug-likeness (QED) is 0.853. The molecule has 1 fully saturated rings. The van der Waals surface area contributed by atoms with Gasteiger partial charge in [0.15, 0.2) is 0 Å². The molecule has 1 aliphatic rings. The van der Waals surface area contributed by atoms with E-state index < -0.39 is 0 Å². The van der Waals surface area contributed by atoms with E-state index >= 15 is 0 Å². The number of carbonyl (C=O) groups excluding carboxylic acids is 1. The van der Waals surface area contributed by atoms with E-state index in [0.29, 0.717) is 6.54 Å². The molecule has 1 saturated heterocycles. The lowest BCUT2D eigenvalue weighted by atomic mass is 10.1. The van der Waals surface area contributed by atoms with Gasteiger partial charge in [-0.3, -0.25) is 4.90 Å². The van der Waals surface area contributed by atoms with Gasteiger partial charge < -0.3 is 15.0 Å². The van der Waals surface area contributed by atoms with Crippen LogP contribution in [0.25, 0.3) is 0 Å². The van der Waals surface area contributed by atoms with Gasteiger partial charge in [0.2, 0.25) is 0 Å². The number of carbonyl (C=O) groups is 1. The van der Waals surface area contributed by atoms with Gasteiger partial charge in [0.25, 0.3) is 0 Å². The summed E-state index contributed by atoms with van der Waals surface area (Å²) in [5.41, 5.74) is 3.59. The summed E-state index contributed by atoms with van der Waals surface area (Å²) in [5, 5.41) is 3.03. The fourth-order valence-electron chi connectivity index (χ4n) is 3.36. The van der Waals surface area contributed by atoms with Crippen molar-refractivity contribution >= 4 is 6.03 Å². The van der Waals surface area contributed by atoms with Gasteiger partial charge >= 0.3 is 6.03 Å². The molecular weight excluding hydrogens is 338 g/mol. The third kappa shape index (κ3) is 5.47. The zero-order valence-electron chi connectivity index (χ0n) is 16.3. The van der Waals surface area contributed by atoms with Crippen molar-refractivity contribution in [3.05, 3.63) is 65.2 Å². The van der Waals surface area contributed by atoms with Crippen LogP contribution in [-0.2, 0) is 13.0 Å². The minimum atomic E-state index is 0.0277. The van der Waals surface area contributed by atoms with E-state index in [1.54, 1.807) is 7.11 Å². The lowest BCUT2D eigenvalue weighted by Crippen LogP contribution is -2.51. The number of hydrogen-bond donors (Lipinski definition) is 1. The molecule has 0 saturated carbocycles. The summed E-state index contributed by atoms with van der Waals surface area (Å²) in [6.45, 7) is 6.99. The molecule has 2 aromatic rings. The molecule has 0 unspecified atom stereocenters. The van der Waals surface area contributed by atoms with Crippen molar-refractivity contribution < 1.29 is 9.53 Å². The van der Waals surface area contributed by atoms with Crippen molar-refractivity contribution in [1.29, 1.82) is 0 Å². The van der Waals surface area contributed by atoms with Gasteiger partial charge in [-0.25, -0.2) is 4.79 Å². The number of nitrogens with one attached hydrogen (secondary N) is 1. The molecule has 5 nitrogen and oxygen atoms in total. The molecule has 0 spiro atoms. The number of amides is 2. The molecule has 144 valence electrons. The van der Waals surface area contributed by atoms with Gasteiger partial charge in [-0.05, 0) is 30.5 Å². The molecule has 1 N–H and O–H groups in total. The first kappa shape index (κ1) is 19.2. The second-order valence-corrected chi connectivity index (χ2v) is 7.03. The van der Waals surface area contributed by atoms with E-state index in [-0.39, 0.29) is 6.03 Å². The van der Waals surface area contributed by atoms with Crippen LogP contribution in [0, 0.1) is 6.92 Å². The number of piperazine rings is 1. The summed E-state index contributed by atoms with van der Waals surface area (Å²) in [6.07, 6.45) is 0.962. The molecule has 0 bridgehead atoms. The molecule has 0 atom stereocenters. The van der Waals surface area contributed by atoms with Crippen molar-refractivity contribution in [2.45, 2.75) is 19.9 Å². The van der Waals surface area contributed by atoms with Crippen LogP contribution in [-0.4, -0.2) is 55.7 Å².